The van der Waals surface area contributed by atoms with E-state index in [0.717, 1.165) is 76.4 Å². The average molecular weight is 547 g/mol. The van der Waals surface area contributed by atoms with Crippen molar-refractivity contribution >= 4 is 28.5 Å². The molecule has 3 aliphatic rings. The van der Waals surface area contributed by atoms with Crippen LogP contribution in [0.5, 0.6) is 0 Å². The highest BCUT2D eigenvalue weighted by atomic mass is 19.1. The molecule has 1 N–H and O–H groups in total. The molecule has 0 atom stereocenters. The molecule has 0 spiro atoms. The van der Waals surface area contributed by atoms with Gasteiger partial charge in [-0.15, -0.1) is 0 Å². The Morgan fingerprint density at radius 3 is 2.52 bits per heavy atom. The molecule has 6 heterocycles. The molecule has 0 unspecified atom stereocenters. The zero-order chi connectivity index (χ0) is 27.4. The van der Waals surface area contributed by atoms with Crippen molar-refractivity contribution in [3.63, 3.8) is 0 Å². The lowest BCUT2D eigenvalue weighted by atomic mass is 9.92. The fourth-order valence-electron chi connectivity index (χ4n) is 6.13. The van der Waals surface area contributed by atoms with Crippen molar-refractivity contribution in [2.75, 3.05) is 49.6 Å². The second-order valence-electron chi connectivity index (χ2n) is 11.5. The molecule has 40 heavy (non-hydrogen) atoms. The van der Waals surface area contributed by atoms with Crippen LogP contribution < -0.4 is 10.2 Å². The number of anilines is 3. The summed E-state index contributed by atoms with van der Waals surface area (Å²) in [6, 6.07) is 7.51. The van der Waals surface area contributed by atoms with Crippen LogP contribution in [0.4, 0.5) is 26.2 Å². The molecule has 1 aromatic carbocycles. The third-order valence-electron chi connectivity index (χ3n) is 8.40. The smallest absolute Gasteiger partial charge is 0.229 e. The zero-order valence-corrected chi connectivity index (χ0v) is 22.7. The molecule has 0 saturated carbocycles. The molecule has 9 nitrogen and oxygen atoms in total. The topological polar surface area (TPSA) is 84.2 Å². The van der Waals surface area contributed by atoms with Gasteiger partial charge < -0.3 is 19.5 Å². The van der Waals surface area contributed by atoms with Crippen molar-refractivity contribution < 1.29 is 13.5 Å². The van der Waals surface area contributed by atoms with E-state index in [1.165, 1.54) is 6.07 Å². The van der Waals surface area contributed by atoms with Gasteiger partial charge in [-0.25, -0.2) is 28.7 Å². The van der Waals surface area contributed by atoms with Crippen LogP contribution in [0.15, 0.2) is 36.7 Å². The average Bonchev–Trinajstić information content (AvgIpc) is 3.30. The van der Waals surface area contributed by atoms with E-state index in [4.69, 9.17) is 4.74 Å². The number of pyridine rings is 1. The number of aromatic nitrogens is 5. The highest BCUT2D eigenvalue weighted by Crippen LogP contribution is 2.37. The van der Waals surface area contributed by atoms with Gasteiger partial charge in [-0.05, 0) is 51.0 Å². The Hall–Kier alpha value is -3.70. The molecule has 0 bridgehead atoms. The van der Waals surface area contributed by atoms with Crippen molar-refractivity contribution in [1.82, 2.24) is 29.4 Å². The molecule has 3 aliphatic heterocycles. The Bertz CT molecular complexity index is 1560. The quantitative estimate of drug-likeness (QED) is 0.392. The summed E-state index contributed by atoms with van der Waals surface area (Å²) < 4.78 is 37.6. The van der Waals surface area contributed by atoms with Gasteiger partial charge in [0.05, 0.1) is 42.9 Å². The lowest BCUT2D eigenvalue weighted by Gasteiger charge is -2.43. The predicted molar refractivity (Wildman–Crippen MR) is 149 cm³/mol. The van der Waals surface area contributed by atoms with Crippen molar-refractivity contribution in [3.05, 3.63) is 54.1 Å². The Labute approximate surface area is 231 Å². The second-order valence-corrected chi connectivity index (χ2v) is 11.5. The van der Waals surface area contributed by atoms with E-state index in [1.54, 1.807) is 6.07 Å². The largest absolute Gasteiger partial charge is 0.378 e. The highest BCUT2D eigenvalue weighted by molar-refractivity contribution is 5.83. The number of piperazine rings is 1. The number of ether oxygens (including phenoxy) is 1. The number of rotatable bonds is 5. The second kappa shape index (κ2) is 9.74. The molecule has 3 aromatic heterocycles. The van der Waals surface area contributed by atoms with Crippen LogP contribution in [-0.4, -0.2) is 74.8 Å². The summed E-state index contributed by atoms with van der Waals surface area (Å²) in [4.78, 5) is 22.4. The normalized spacial score (nSPS) is 19.4. The van der Waals surface area contributed by atoms with Crippen molar-refractivity contribution in [3.8, 4) is 11.3 Å². The fraction of sp³-hybridized carbons (Fsp3) is 0.448. The molecule has 0 radical (unpaired) electrons. The first-order valence-corrected chi connectivity index (χ1v) is 13.9. The molecule has 0 amide bonds. The first-order valence-electron chi connectivity index (χ1n) is 13.9. The number of aryl methyl sites for hydroxylation is 1. The summed E-state index contributed by atoms with van der Waals surface area (Å²) >= 11 is 0. The molecule has 2 saturated heterocycles. The van der Waals surface area contributed by atoms with E-state index in [0.29, 0.717) is 28.5 Å². The Morgan fingerprint density at radius 2 is 1.80 bits per heavy atom. The zero-order valence-electron chi connectivity index (χ0n) is 22.7. The number of halogens is 2. The minimum atomic E-state index is -0.627. The summed E-state index contributed by atoms with van der Waals surface area (Å²) in [5.41, 5.74) is 2.17. The SMILES string of the molecule is CC1(C)CCCc2nc3c(F)cc(-c4nc(Nc5ccc(N6CCN(C7COC7)CC6)cn5)ncc4F)cc3n21. The number of nitrogens with zero attached hydrogens (tertiary/aromatic N) is 7. The lowest BCUT2D eigenvalue weighted by Crippen LogP contribution is -2.56. The summed E-state index contributed by atoms with van der Waals surface area (Å²) in [6.45, 7) is 9.81. The summed E-state index contributed by atoms with van der Waals surface area (Å²) in [6.07, 6.45) is 5.68. The monoisotopic (exact) mass is 546 g/mol. The number of benzene rings is 1. The van der Waals surface area contributed by atoms with Gasteiger partial charge >= 0.3 is 0 Å². The molecular weight excluding hydrogens is 514 g/mol. The number of imidazole rings is 1. The maximum absolute atomic E-state index is 15.2. The molecule has 11 heteroatoms. The standard InChI is InChI=1S/C29H32F2N8O/c1-29(2)7-3-4-25-35-27-21(30)12-18(13-23(27)39(25)29)26-22(31)15-33-28(36-26)34-24-6-5-19(14-32-24)37-8-10-38(11-9-37)20-16-40-17-20/h5-6,12-15,20H,3-4,7-11,16-17H2,1-2H3,(H,32,33,34,36). The first kappa shape index (κ1) is 25.3. The van der Waals surface area contributed by atoms with E-state index in [2.05, 4.69) is 53.5 Å². The lowest BCUT2D eigenvalue weighted by molar-refractivity contribution is -0.0660. The van der Waals surface area contributed by atoms with Crippen LogP contribution in [0.1, 0.15) is 32.5 Å². The molecule has 4 aromatic rings. The third kappa shape index (κ3) is 4.46. The van der Waals surface area contributed by atoms with E-state index in [1.807, 2.05) is 18.3 Å². The van der Waals surface area contributed by atoms with Gasteiger partial charge in [0.2, 0.25) is 5.95 Å². The summed E-state index contributed by atoms with van der Waals surface area (Å²) in [7, 11) is 0. The fourth-order valence-corrected chi connectivity index (χ4v) is 6.13. The highest BCUT2D eigenvalue weighted by Gasteiger charge is 2.31. The van der Waals surface area contributed by atoms with E-state index in [-0.39, 0.29) is 17.2 Å². The van der Waals surface area contributed by atoms with E-state index < -0.39 is 11.6 Å². The number of fused-ring (bicyclic) bond motifs is 3. The minimum Gasteiger partial charge on any atom is -0.378 e. The molecule has 2 fully saturated rings. The molecular formula is C29H32F2N8O. The van der Waals surface area contributed by atoms with Gasteiger partial charge in [-0.2, -0.15) is 0 Å². The molecule has 0 aliphatic carbocycles. The third-order valence-corrected chi connectivity index (χ3v) is 8.40. The number of hydrogen-bond donors (Lipinski definition) is 1. The van der Waals surface area contributed by atoms with E-state index >= 15 is 4.39 Å². The Morgan fingerprint density at radius 1 is 0.975 bits per heavy atom. The molecule has 7 rings (SSSR count). The molecule has 208 valence electrons. The summed E-state index contributed by atoms with van der Waals surface area (Å²) in [5, 5.41) is 3.07. The van der Waals surface area contributed by atoms with Crippen LogP contribution in [0.3, 0.4) is 0 Å². The van der Waals surface area contributed by atoms with Gasteiger partial charge in [0.1, 0.15) is 22.9 Å². The predicted octanol–water partition coefficient (Wildman–Crippen LogP) is 4.50. The number of hydrogen-bond acceptors (Lipinski definition) is 8. The minimum absolute atomic E-state index is 0.0221. The van der Waals surface area contributed by atoms with Gasteiger partial charge in [0.15, 0.2) is 11.6 Å². The first-order chi connectivity index (χ1) is 19.4. The van der Waals surface area contributed by atoms with E-state index in [9.17, 15) is 4.39 Å². The van der Waals surface area contributed by atoms with Crippen LogP contribution in [0.25, 0.3) is 22.3 Å². The Balaban J connectivity index is 1.12. The van der Waals surface area contributed by atoms with Crippen LogP contribution in [-0.2, 0) is 16.7 Å². The van der Waals surface area contributed by atoms with Crippen molar-refractivity contribution in [2.45, 2.75) is 44.7 Å². The maximum atomic E-state index is 15.2. The van der Waals surface area contributed by atoms with Gasteiger partial charge in [-0.3, -0.25) is 4.90 Å². The van der Waals surface area contributed by atoms with Gasteiger partial charge in [-0.1, -0.05) is 0 Å². The maximum Gasteiger partial charge on any atom is 0.229 e. The van der Waals surface area contributed by atoms with Crippen LogP contribution >= 0.6 is 0 Å². The van der Waals surface area contributed by atoms with Crippen LogP contribution in [0.2, 0.25) is 0 Å². The van der Waals surface area contributed by atoms with Gasteiger partial charge in [0.25, 0.3) is 0 Å². The van der Waals surface area contributed by atoms with Crippen molar-refractivity contribution in [1.29, 1.82) is 0 Å². The van der Waals surface area contributed by atoms with Crippen molar-refractivity contribution in [2.24, 2.45) is 0 Å². The summed E-state index contributed by atoms with van der Waals surface area (Å²) in [5.74, 6) is 0.468. The Kier molecular flexibility index (Phi) is 6.16. The van der Waals surface area contributed by atoms with Crippen LogP contribution in [0, 0.1) is 11.6 Å². The number of nitrogens with one attached hydrogen (secondary N) is 1. The van der Waals surface area contributed by atoms with Gasteiger partial charge in [0, 0.05) is 43.7 Å².